The number of anilines is 1. The summed E-state index contributed by atoms with van der Waals surface area (Å²) in [6.07, 6.45) is 0. The molecule has 1 amide bonds. The number of halogens is 2. The van der Waals surface area contributed by atoms with Crippen molar-refractivity contribution in [1.29, 1.82) is 0 Å². The Bertz CT molecular complexity index is 1080. The Labute approximate surface area is 176 Å². The molecule has 0 heterocycles. The zero-order valence-corrected chi connectivity index (χ0v) is 17.8. The number of amides is 1. The number of benzene rings is 3. The average Bonchev–Trinajstić information content (AvgIpc) is 2.69. The lowest BCUT2D eigenvalue weighted by Crippen LogP contribution is -2.37. The molecule has 0 radical (unpaired) electrons. The number of carbonyl (C=O) groups excluding carboxylic acids is 1. The molecule has 0 fully saturated rings. The lowest BCUT2D eigenvalue weighted by Gasteiger charge is -2.23. The largest absolute Gasteiger partial charge is 0.497 e. The molecular formula is C20H15BrClNO4S. The Balaban J connectivity index is 2.13. The standard InChI is InChI=1S/C20H15BrClNO4S/c1-27-18-10-8-17(9-11-18)23(20(24)14-2-6-16(22)7-3-14)28(25,26)19-12-4-15(21)5-13-19/h2-13H,1H3. The Morgan fingerprint density at radius 1 is 0.929 bits per heavy atom. The van der Waals surface area contributed by atoms with E-state index in [2.05, 4.69) is 15.9 Å². The van der Waals surface area contributed by atoms with E-state index in [0.29, 0.717) is 10.8 Å². The summed E-state index contributed by atoms with van der Waals surface area (Å²) in [5.74, 6) is -0.145. The summed E-state index contributed by atoms with van der Waals surface area (Å²) in [5.41, 5.74) is 0.393. The van der Waals surface area contributed by atoms with Crippen LogP contribution >= 0.6 is 27.5 Å². The van der Waals surface area contributed by atoms with Crippen LogP contribution in [0.15, 0.2) is 82.2 Å². The Morgan fingerprint density at radius 3 is 2.04 bits per heavy atom. The maximum Gasteiger partial charge on any atom is 0.272 e. The number of carbonyl (C=O) groups is 1. The van der Waals surface area contributed by atoms with Gasteiger partial charge in [0, 0.05) is 15.1 Å². The van der Waals surface area contributed by atoms with E-state index < -0.39 is 15.9 Å². The second-order valence-electron chi connectivity index (χ2n) is 5.73. The number of hydrogen-bond acceptors (Lipinski definition) is 4. The van der Waals surface area contributed by atoms with Crippen molar-refractivity contribution in [2.24, 2.45) is 0 Å². The van der Waals surface area contributed by atoms with Gasteiger partial charge in [-0.2, -0.15) is 4.31 Å². The van der Waals surface area contributed by atoms with Gasteiger partial charge in [0.1, 0.15) is 5.75 Å². The predicted molar refractivity (Wildman–Crippen MR) is 113 cm³/mol. The lowest BCUT2D eigenvalue weighted by atomic mass is 10.2. The van der Waals surface area contributed by atoms with Crippen LogP contribution in [0, 0.1) is 0 Å². The molecule has 0 saturated heterocycles. The number of methoxy groups -OCH3 is 1. The van der Waals surface area contributed by atoms with Crippen LogP contribution in [0.25, 0.3) is 0 Å². The third-order valence-corrected chi connectivity index (χ3v) is 6.44. The molecule has 0 aromatic heterocycles. The van der Waals surface area contributed by atoms with Crippen molar-refractivity contribution in [3.63, 3.8) is 0 Å². The van der Waals surface area contributed by atoms with Crippen molar-refractivity contribution in [3.8, 4) is 5.75 Å². The molecule has 0 spiro atoms. The van der Waals surface area contributed by atoms with Crippen LogP contribution in [0.1, 0.15) is 10.4 Å². The fourth-order valence-electron chi connectivity index (χ4n) is 2.50. The second-order valence-corrected chi connectivity index (χ2v) is 8.87. The van der Waals surface area contributed by atoms with Crippen LogP contribution in [-0.4, -0.2) is 21.4 Å². The highest BCUT2D eigenvalue weighted by molar-refractivity contribution is 9.10. The van der Waals surface area contributed by atoms with Crippen molar-refractivity contribution < 1.29 is 17.9 Å². The van der Waals surface area contributed by atoms with E-state index in [0.717, 1.165) is 8.78 Å². The summed E-state index contributed by atoms with van der Waals surface area (Å²) in [6.45, 7) is 0. The molecule has 0 unspecified atom stereocenters. The van der Waals surface area contributed by atoms with E-state index in [1.54, 1.807) is 24.3 Å². The molecule has 0 aliphatic rings. The van der Waals surface area contributed by atoms with Gasteiger partial charge < -0.3 is 4.74 Å². The summed E-state index contributed by atoms with van der Waals surface area (Å²) in [4.78, 5) is 13.2. The van der Waals surface area contributed by atoms with Crippen LogP contribution in [0.4, 0.5) is 5.69 Å². The van der Waals surface area contributed by atoms with Crippen LogP contribution in [0.5, 0.6) is 5.75 Å². The maximum absolute atomic E-state index is 13.3. The molecule has 0 atom stereocenters. The Morgan fingerprint density at radius 2 is 1.50 bits per heavy atom. The van der Waals surface area contributed by atoms with Gasteiger partial charge in [-0.1, -0.05) is 27.5 Å². The molecule has 28 heavy (non-hydrogen) atoms. The van der Waals surface area contributed by atoms with E-state index in [1.165, 1.54) is 55.6 Å². The minimum absolute atomic E-state index is 0.00571. The molecule has 3 aromatic carbocycles. The summed E-state index contributed by atoms with van der Waals surface area (Å²) in [7, 11) is -2.65. The highest BCUT2D eigenvalue weighted by atomic mass is 79.9. The Kier molecular flexibility index (Phi) is 6.07. The number of hydrogen-bond donors (Lipinski definition) is 0. The van der Waals surface area contributed by atoms with Crippen molar-refractivity contribution in [1.82, 2.24) is 0 Å². The maximum atomic E-state index is 13.3. The predicted octanol–water partition coefficient (Wildman–Crippen LogP) is 5.15. The van der Waals surface area contributed by atoms with Crippen LogP contribution in [0.2, 0.25) is 5.02 Å². The first-order valence-electron chi connectivity index (χ1n) is 8.08. The van der Waals surface area contributed by atoms with Crippen molar-refractivity contribution >= 4 is 49.1 Å². The van der Waals surface area contributed by atoms with Crippen molar-refractivity contribution in [2.45, 2.75) is 4.90 Å². The molecule has 5 nitrogen and oxygen atoms in total. The van der Waals surface area contributed by atoms with Crippen LogP contribution in [-0.2, 0) is 10.0 Å². The van der Waals surface area contributed by atoms with Gasteiger partial charge >= 0.3 is 0 Å². The van der Waals surface area contributed by atoms with Gasteiger partial charge in [0.25, 0.3) is 15.9 Å². The minimum atomic E-state index is -4.16. The average molecular weight is 481 g/mol. The summed E-state index contributed by atoms with van der Waals surface area (Å²) in [5, 5.41) is 0.448. The molecule has 8 heteroatoms. The topological polar surface area (TPSA) is 63.7 Å². The highest BCUT2D eigenvalue weighted by Crippen LogP contribution is 2.28. The molecule has 144 valence electrons. The van der Waals surface area contributed by atoms with Crippen LogP contribution < -0.4 is 9.04 Å². The first-order valence-corrected chi connectivity index (χ1v) is 10.7. The van der Waals surface area contributed by atoms with Gasteiger partial charge in [0.2, 0.25) is 0 Å². The lowest BCUT2D eigenvalue weighted by molar-refractivity contribution is 0.101. The highest BCUT2D eigenvalue weighted by Gasteiger charge is 2.32. The Hall–Kier alpha value is -2.35. The smallest absolute Gasteiger partial charge is 0.272 e. The van der Waals surface area contributed by atoms with E-state index in [-0.39, 0.29) is 16.1 Å². The number of nitrogens with zero attached hydrogens (tertiary/aromatic N) is 1. The number of sulfonamides is 1. The first-order chi connectivity index (χ1) is 13.3. The first kappa shape index (κ1) is 20.4. The quantitative estimate of drug-likeness (QED) is 0.507. The van der Waals surface area contributed by atoms with E-state index in [1.807, 2.05) is 0 Å². The molecule has 0 N–H and O–H groups in total. The molecule has 3 rings (SSSR count). The monoisotopic (exact) mass is 479 g/mol. The third-order valence-electron chi connectivity index (χ3n) is 3.93. The fourth-order valence-corrected chi connectivity index (χ4v) is 4.31. The summed E-state index contributed by atoms with van der Waals surface area (Å²) >= 11 is 9.17. The third kappa shape index (κ3) is 4.22. The summed E-state index contributed by atoms with van der Waals surface area (Å²) in [6, 6.07) is 18.3. The van der Waals surface area contributed by atoms with Gasteiger partial charge in [-0.3, -0.25) is 4.79 Å². The SMILES string of the molecule is COc1ccc(N(C(=O)c2ccc(Cl)cc2)S(=O)(=O)c2ccc(Br)cc2)cc1. The molecule has 3 aromatic rings. The van der Waals surface area contributed by atoms with Gasteiger partial charge in [-0.25, -0.2) is 8.42 Å². The van der Waals surface area contributed by atoms with Crippen molar-refractivity contribution in [3.05, 3.63) is 87.9 Å². The molecule has 0 aliphatic carbocycles. The van der Waals surface area contributed by atoms with Gasteiger partial charge in [0.15, 0.2) is 0 Å². The van der Waals surface area contributed by atoms with Crippen LogP contribution in [0.3, 0.4) is 0 Å². The fraction of sp³-hybridized carbons (Fsp3) is 0.0500. The van der Waals surface area contributed by atoms with E-state index >= 15 is 0 Å². The summed E-state index contributed by atoms with van der Waals surface area (Å²) < 4.78 is 33.2. The second kappa shape index (κ2) is 8.34. The molecular weight excluding hydrogens is 466 g/mol. The van der Waals surface area contributed by atoms with Gasteiger partial charge in [-0.05, 0) is 72.8 Å². The molecule has 0 bridgehead atoms. The number of rotatable bonds is 5. The molecule has 0 aliphatic heterocycles. The van der Waals surface area contributed by atoms with E-state index in [4.69, 9.17) is 16.3 Å². The molecule has 0 saturated carbocycles. The zero-order valence-electron chi connectivity index (χ0n) is 14.7. The zero-order chi connectivity index (χ0) is 20.3. The van der Waals surface area contributed by atoms with Gasteiger partial charge in [-0.15, -0.1) is 0 Å². The minimum Gasteiger partial charge on any atom is -0.497 e. The van der Waals surface area contributed by atoms with Gasteiger partial charge in [0.05, 0.1) is 17.7 Å². The van der Waals surface area contributed by atoms with E-state index in [9.17, 15) is 13.2 Å². The number of ether oxygens (including phenoxy) is 1. The normalized spacial score (nSPS) is 11.1. The van der Waals surface area contributed by atoms with Crippen molar-refractivity contribution in [2.75, 3.05) is 11.4 Å².